The van der Waals surface area contributed by atoms with Crippen LogP contribution in [0.1, 0.15) is 13.3 Å². The summed E-state index contributed by atoms with van der Waals surface area (Å²) in [5.41, 5.74) is 0. The van der Waals surface area contributed by atoms with E-state index in [0.29, 0.717) is 12.5 Å². The Morgan fingerprint density at radius 3 is 2.58 bits per heavy atom. The van der Waals surface area contributed by atoms with E-state index < -0.39 is 17.5 Å². The molecular weight excluding hydrogens is 165 g/mol. The Morgan fingerprint density at radius 2 is 1.92 bits per heavy atom. The van der Waals surface area contributed by atoms with Crippen molar-refractivity contribution in [2.75, 3.05) is 0 Å². The van der Waals surface area contributed by atoms with E-state index in [9.17, 15) is 13.2 Å². The van der Waals surface area contributed by atoms with E-state index in [1.165, 1.54) is 6.08 Å². The van der Waals surface area contributed by atoms with Crippen molar-refractivity contribution in [3.8, 4) is 0 Å². The number of allylic oxidation sites excluding steroid dienone is 6. The summed E-state index contributed by atoms with van der Waals surface area (Å²) in [5, 5.41) is 0. The van der Waals surface area contributed by atoms with Crippen LogP contribution in [-0.2, 0) is 0 Å². The second-order valence-corrected chi connectivity index (χ2v) is 2.81. The molecule has 12 heavy (non-hydrogen) atoms. The molecule has 0 radical (unpaired) electrons. The lowest BCUT2D eigenvalue weighted by Crippen LogP contribution is -1.92. The zero-order valence-corrected chi connectivity index (χ0v) is 6.65. The summed E-state index contributed by atoms with van der Waals surface area (Å²) in [4.78, 5) is 0. The van der Waals surface area contributed by atoms with Crippen LogP contribution in [0, 0.1) is 5.92 Å². The van der Waals surface area contributed by atoms with Crippen LogP contribution < -0.4 is 0 Å². The van der Waals surface area contributed by atoms with Gasteiger partial charge in [-0.25, -0.2) is 13.2 Å². The number of rotatable bonds is 0. The normalized spacial score (nSPS) is 25.0. The van der Waals surface area contributed by atoms with Crippen LogP contribution in [0.15, 0.2) is 35.7 Å². The summed E-state index contributed by atoms with van der Waals surface area (Å²) < 4.78 is 37.8. The summed E-state index contributed by atoms with van der Waals surface area (Å²) >= 11 is 0. The molecule has 3 heteroatoms. The largest absolute Gasteiger partial charge is 0.207 e. The first-order valence-corrected chi connectivity index (χ1v) is 3.70. The smallest absolute Gasteiger partial charge is 0.161 e. The Morgan fingerprint density at radius 1 is 1.25 bits per heavy atom. The van der Waals surface area contributed by atoms with E-state index in [1.807, 2.05) is 0 Å². The molecule has 0 aromatic carbocycles. The van der Waals surface area contributed by atoms with E-state index >= 15 is 0 Å². The van der Waals surface area contributed by atoms with Crippen LogP contribution in [0.25, 0.3) is 0 Å². The van der Waals surface area contributed by atoms with Crippen LogP contribution in [0.4, 0.5) is 13.2 Å². The maximum atomic E-state index is 12.6. The van der Waals surface area contributed by atoms with Gasteiger partial charge < -0.3 is 0 Å². The van der Waals surface area contributed by atoms with Crippen molar-refractivity contribution in [1.82, 2.24) is 0 Å². The fourth-order valence-corrected chi connectivity index (χ4v) is 0.965. The first kappa shape index (κ1) is 9.10. The van der Waals surface area contributed by atoms with Gasteiger partial charge >= 0.3 is 0 Å². The zero-order chi connectivity index (χ0) is 9.14. The third-order valence-corrected chi connectivity index (χ3v) is 1.61. The fraction of sp³-hybridized carbons (Fsp3) is 0.333. The summed E-state index contributed by atoms with van der Waals surface area (Å²) in [5.74, 6) is -2.94. The first-order valence-electron chi connectivity index (χ1n) is 3.70. The maximum Gasteiger partial charge on any atom is 0.161 e. The molecule has 0 N–H and O–H groups in total. The average Bonchev–Trinajstić information content (AvgIpc) is 1.98. The fourth-order valence-electron chi connectivity index (χ4n) is 0.965. The highest BCUT2D eigenvalue weighted by Crippen LogP contribution is 2.22. The van der Waals surface area contributed by atoms with Crippen molar-refractivity contribution >= 4 is 0 Å². The van der Waals surface area contributed by atoms with Gasteiger partial charge in [-0.2, -0.15) is 0 Å². The molecule has 0 saturated carbocycles. The lowest BCUT2D eigenvalue weighted by Gasteiger charge is -2.04. The maximum absolute atomic E-state index is 12.6. The molecule has 0 spiro atoms. The van der Waals surface area contributed by atoms with Gasteiger partial charge in [0.15, 0.2) is 11.7 Å². The van der Waals surface area contributed by atoms with E-state index in [4.69, 9.17) is 0 Å². The molecule has 0 nitrogen and oxygen atoms in total. The van der Waals surface area contributed by atoms with Gasteiger partial charge in [-0.15, -0.1) is 0 Å². The lowest BCUT2D eigenvalue weighted by molar-refractivity contribution is 0.524. The number of hydrogen-bond donors (Lipinski definition) is 0. The minimum atomic E-state index is -1.14. The van der Waals surface area contributed by atoms with E-state index in [-0.39, 0.29) is 5.92 Å². The van der Waals surface area contributed by atoms with Gasteiger partial charge in [0, 0.05) is 6.08 Å². The molecule has 1 atom stereocenters. The van der Waals surface area contributed by atoms with Gasteiger partial charge in [0.1, 0.15) is 5.83 Å². The molecule has 1 unspecified atom stereocenters. The zero-order valence-electron chi connectivity index (χ0n) is 6.65. The highest BCUT2D eigenvalue weighted by Gasteiger charge is 2.09. The Kier molecular flexibility index (Phi) is 2.74. The van der Waals surface area contributed by atoms with Crippen molar-refractivity contribution in [3.63, 3.8) is 0 Å². The van der Waals surface area contributed by atoms with Gasteiger partial charge in [-0.05, 0) is 24.5 Å². The standard InChI is InChI=1S/C9H9F3/c1-6-2-3-8(11)9(12)5-7(10)4-6/h3-6H,2H2,1H3. The predicted molar refractivity (Wildman–Crippen MR) is 41.4 cm³/mol. The third-order valence-electron chi connectivity index (χ3n) is 1.61. The third kappa shape index (κ3) is 2.26. The molecule has 0 heterocycles. The van der Waals surface area contributed by atoms with Crippen molar-refractivity contribution in [3.05, 3.63) is 35.7 Å². The predicted octanol–water partition coefficient (Wildman–Crippen LogP) is 3.59. The molecule has 0 fully saturated rings. The quantitative estimate of drug-likeness (QED) is 0.526. The summed E-state index contributed by atoms with van der Waals surface area (Å²) in [6.45, 7) is 1.74. The van der Waals surface area contributed by atoms with Gasteiger partial charge in [-0.3, -0.25) is 0 Å². The Hall–Kier alpha value is -0.990. The second kappa shape index (κ2) is 3.61. The van der Waals surface area contributed by atoms with Crippen molar-refractivity contribution in [2.24, 2.45) is 5.92 Å². The topological polar surface area (TPSA) is 0 Å². The second-order valence-electron chi connectivity index (χ2n) is 2.81. The van der Waals surface area contributed by atoms with Crippen LogP contribution in [0.5, 0.6) is 0 Å². The van der Waals surface area contributed by atoms with E-state index in [2.05, 4.69) is 0 Å². The van der Waals surface area contributed by atoms with Crippen molar-refractivity contribution < 1.29 is 13.2 Å². The van der Waals surface area contributed by atoms with Gasteiger partial charge in [0.05, 0.1) is 0 Å². The van der Waals surface area contributed by atoms with Crippen molar-refractivity contribution in [2.45, 2.75) is 13.3 Å². The number of hydrogen-bond acceptors (Lipinski definition) is 0. The molecule has 0 bridgehead atoms. The van der Waals surface area contributed by atoms with Crippen LogP contribution in [-0.4, -0.2) is 0 Å². The van der Waals surface area contributed by atoms with Crippen LogP contribution in [0.2, 0.25) is 0 Å². The molecule has 0 aromatic rings. The minimum absolute atomic E-state index is 0.0971. The summed E-state index contributed by atoms with van der Waals surface area (Å²) in [7, 11) is 0. The van der Waals surface area contributed by atoms with Gasteiger partial charge in [0.25, 0.3) is 0 Å². The van der Waals surface area contributed by atoms with E-state index in [0.717, 1.165) is 6.08 Å². The Labute approximate surface area is 69.1 Å². The minimum Gasteiger partial charge on any atom is -0.207 e. The molecule has 0 aromatic heterocycles. The SMILES string of the molecule is CC1C=C(F)C=C(F)C(F)=CC1. The molecule has 1 aliphatic carbocycles. The molecule has 66 valence electrons. The summed E-state index contributed by atoms with van der Waals surface area (Å²) in [6.07, 6.45) is 3.27. The monoisotopic (exact) mass is 174 g/mol. The molecule has 1 rings (SSSR count). The van der Waals surface area contributed by atoms with Crippen LogP contribution in [0.3, 0.4) is 0 Å². The average molecular weight is 174 g/mol. The molecule has 1 aliphatic rings. The van der Waals surface area contributed by atoms with Crippen LogP contribution >= 0.6 is 0 Å². The molecule has 0 amide bonds. The highest BCUT2D eigenvalue weighted by atomic mass is 19.2. The summed E-state index contributed by atoms with van der Waals surface area (Å²) in [6, 6.07) is 0. The van der Waals surface area contributed by atoms with Gasteiger partial charge in [-0.1, -0.05) is 6.92 Å². The molecule has 0 aliphatic heterocycles. The molecular formula is C9H9F3. The highest BCUT2D eigenvalue weighted by molar-refractivity contribution is 5.28. The Bertz CT molecular complexity index is 261. The van der Waals surface area contributed by atoms with Crippen molar-refractivity contribution in [1.29, 1.82) is 0 Å². The van der Waals surface area contributed by atoms with Gasteiger partial charge in [0.2, 0.25) is 0 Å². The number of halogens is 3. The molecule has 0 saturated heterocycles. The Balaban J connectivity index is 2.97. The van der Waals surface area contributed by atoms with E-state index in [1.54, 1.807) is 6.92 Å². The first-order chi connectivity index (χ1) is 5.59. The lowest BCUT2D eigenvalue weighted by atomic mass is 10.0.